The van der Waals surface area contributed by atoms with E-state index in [0.29, 0.717) is 13.0 Å². The maximum Gasteiger partial charge on any atom is 0.218 e. The summed E-state index contributed by atoms with van der Waals surface area (Å²) in [6, 6.07) is 6.68. The molecule has 0 unspecified atom stereocenters. The smallest absolute Gasteiger partial charge is 0.218 e. The molecule has 3 N–H and O–H groups in total. The zero-order valence-electron chi connectivity index (χ0n) is 9.46. The molecule has 0 fully saturated rings. The van der Waals surface area contributed by atoms with Crippen molar-refractivity contribution in [3.05, 3.63) is 34.9 Å². The van der Waals surface area contributed by atoms with Gasteiger partial charge in [-0.05, 0) is 36.0 Å². The van der Waals surface area contributed by atoms with E-state index in [4.69, 9.17) is 5.73 Å². The van der Waals surface area contributed by atoms with E-state index in [1.807, 2.05) is 0 Å². The minimum Gasteiger partial charge on any atom is -0.370 e. The third kappa shape index (κ3) is 2.83. The number of primary amides is 1. The van der Waals surface area contributed by atoms with Gasteiger partial charge in [-0.1, -0.05) is 18.2 Å². The molecule has 0 aliphatic heterocycles. The van der Waals surface area contributed by atoms with Crippen LogP contribution < -0.4 is 11.1 Å². The van der Waals surface area contributed by atoms with Crippen LogP contribution in [0.4, 0.5) is 0 Å². The van der Waals surface area contributed by atoms with Crippen molar-refractivity contribution < 1.29 is 4.79 Å². The van der Waals surface area contributed by atoms with Gasteiger partial charge in [-0.3, -0.25) is 4.79 Å². The van der Waals surface area contributed by atoms with Gasteiger partial charge in [0.05, 0.1) is 0 Å². The van der Waals surface area contributed by atoms with Crippen LogP contribution in [0.2, 0.25) is 0 Å². The lowest BCUT2D eigenvalue weighted by atomic mass is 10.1. The summed E-state index contributed by atoms with van der Waals surface area (Å²) >= 11 is 0. The topological polar surface area (TPSA) is 55.1 Å². The molecule has 0 radical (unpaired) electrons. The molecule has 0 atom stereocenters. The summed E-state index contributed by atoms with van der Waals surface area (Å²) in [6.07, 6.45) is 4.13. The summed E-state index contributed by atoms with van der Waals surface area (Å²) in [7, 11) is 0. The number of amides is 1. The van der Waals surface area contributed by atoms with Crippen LogP contribution in [-0.4, -0.2) is 12.5 Å². The molecule has 0 aromatic heterocycles. The van der Waals surface area contributed by atoms with Crippen LogP contribution in [0.3, 0.4) is 0 Å². The molecule has 86 valence electrons. The zero-order chi connectivity index (χ0) is 11.4. The Morgan fingerprint density at radius 2 is 2.12 bits per heavy atom. The molecule has 0 spiro atoms. The predicted octanol–water partition coefficient (Wildman–Crippen LogP) is 1.14. The minimum atomic E-state index is -0.249. The highest BCUT2D eigenvalue weighted by atomic mass is 16.1. The first-order valence-electron chi connectivity index (χ1n) is 5.85. The Balaban J connectivity index is 1.83. The molecule has 1 aliphatic rings. The van der Waals surface area contributed by atoms with Crippen LogP contribution in [0.15, 0.2) is 18.2 Å². The fraction of sp³-hybridized carbons (Fsp3) is 0.462. The first kappa shape index (κ1) is 11.1. The molecule has 0 saturated heterocycles. The standard InChI is InChI=1S/C13H18N2O/c14-13(16)6-7-15-9-10-4-5-11-2-1-3-12(11)8-10/h4-5,8,15H,1-3,6-7,9H2,(H2,14,16). The van der Waals surface area contributed by atoms with Gasteiger partial charge in [0.25, 0.3) is 0 Å². The molecule has 16 heavy (non-hydrogen) atoms. The summed E-state index contributed by atoms with van der Waals surface area (Å²) < 4.78 is 0. The summed E-state index contributed by atoms with van der Waals surface area (Å²) in [6.45, 7) is 1.48. The maximum atomic E-state index is 10.5. The Hall–Kier alpha value is -1.35. The highest BCUT2D eigenvalue weighted by Gasteiger charge is 2.10. The van der Waals surface area contributed by atoms with E-state index >= 15 is 0 Å². The van der Waals surface area contributed by atoms with Gasteiger partial charge in [0.15, 0.2) is 0 Å². The number of rotatable bonds is 5. The number of benzene rings is 1. The van der Waals surface area contributed by atoms with Crippen LogP contribution in [0, 0.1) is 0 Å². The molecule has 1 aromatic rings. The van der Waals surface area contributed by atoms with Crippen molar-refractivity contribution in [3.63, 3.8) is 0 Å². The molecular formula is C13H18N2O. The van der Waals surface area contributed by atoms with E-state index in [0.717, 1.165) is 6.54 Å². The van der Waals surface area contributed by atoms with Crippen molar-refractivity contribution in [2.45, 2.75) is 32.2 Å². The second-order valence-electron chi connectivity index (χ2n) is 4.35. The van der Waals surface area contributed by atoms with E-state index in [1.165, 1.54) is 36.0 Å². The number of nitrogens with one attached hydrogen (secondary N) is 1. The largest absolute Gasteiger partial charge is 0.370 e. The van der Waals surface area contributed by atoms with Crippen molar-refractivity contribution >= 4 is 5.91 Å². The predicted molar refractivity (Wildman–Crippen MR) is 64.0 cm³/mol. The van der Waals surface area contributed by atoms with Gasteiger partial charge in [-0.2, -0.15) is 0 Å². The van der Waals surface area contributed by atoms with Crippen LogP contribution in [0.1, 0.15) is 29.5 Å². The highest BCUT2D eigenvalue weighted by molar-refractivity contribution is 5.73. The van der Waals surface area contributed by atoms with Gasteiger partial charge in [-0.15, -0.1) is 0 Å². The van der Waals surface area contributed by atoms with Gasteiger partial charge >= 0.3 is 0 Å². The molecule has 1 amide bonds. The van der Waals surface area contributed by atoms with Crippen molar-refractivity contribution in [3.8, 4) is 0 Å². The Kier molecular flexibility index (Phi) is 3.57. The van der Waals surface area contributed by atoms with Gasteiger partial charge < -0.3 is 11.1 Å². The van der Waals surface area contributed by atoms with Gasteiger partial charge in [0, 0.05) is 19.5 Å². The minimum absolute atomic E-state index is 0.249. The lowest BCUT2D eigenvalue weighted by Gasteiger charge is -2.06. The van der Waals surface area contributed by atoms with Crippen molar-refractivity contribution in [2.24, 2.45) is 5.73 Å². The first-order valence-corrected chi connectivity index (χ1v) is 5.85. The van der Waals surface area contributed by atoms with Crippen molar-refractivity contribution in [1.29, 1.82) is 0 Å². The average molecular weight is 218 g/mol. The number of hydrogen-bond donors (Lipinski definition) is 2. The number of carbonyl (C=O) groups excluding carboxylic acids is 1. The average Bonchev–Trinajstić information content (AvgIpc) is 2.71. The molecule has 0 saturated carbocycles. The number of carbonyl (C=O) groups is 1. The third-order valence-corrected chi connectivity index (χ3v) is 3.04. The van der Waals surface area contributed by atoms with Crippen molar-refractivity contribution in [2.75, 3.05) is 6.54 Å². The Morgan fingerprint density at radius 1 is 1.31 bits per heavy atom. The summed E-state index contributed by atoms with van der Waals surface area (Å²) in [5, 5.41) is 3.22. The molecular weight excluding hydrogens is 200 g/mol. The molecule has 1 aliphatic carbocycles. The number of aryl methyl sites for hydroxylation is 2. The second-order valence-corrected chi connectivity index (χ2v) is 4.35. The van der Waals surface area contributed by atoms with E-state index in [9.17, 15) is 4.79 Å². The van der Waals surface area contributed by atoms with E-state index in [1.54, 1.807) is 0 Å². The van der Waals surface area contributed by atoms with Crippen LogP contribution in [0.25, 0.3) is 0 Å². The molecule has 2 rings (SSSR count). The second kappa shape index (κ2) is 5.12. The van der Waals surface area contributed by atoms with Crippen LogP contribution >= 0.6 is 0 Å². The lowest BCUT2D eigenvalue weighted by Crippen LogP contribution is -2.21. The number of nitrogens with two attached hydrogens (primary N) is 1. The molecule has 3 heteroatoms. The van der Waals surface area contributed by atoms with Gasteiger partial charge in [-0.25, -0.2) is 0 Å². The molecule has 3 nitrogen and oxygen atoms in total. The SMILES string of the molecule is NC(=O)CCNCc1ccc2c(c1)CCC2. The Bertz CT molecular complexity index is 388. The third-order valence-electron chi connectivity index (χ3n) is 3.04. The molecule has 0 heterocycles. The van der Waals surface area contributed by atoms with Crippen molar-refractivity contribution in [1.82, 2.24) is 5.32 Å². The van der Waals surface area contributed by atoms with E-state index < -0.39 is 0 Å². The fourth-order valence-corrected chi connectivity index (χ4v) is 2.18. The van der Waals surface area contributed by atoms with Crippen LogP contribution in [0.5, 0.6) is 0 Å². The highest BCUT2D eigenvalue weighted by Crippen LogP contribution is 2.22. The molecule has 1 aromatic carbocycles. The maximum absolute atomic E-state index is 10.5. The Morgan fingerprint density at radius 3 is 2.94 bits per heavy atom. The monoisotopic (exact) mass is 218 g/mol. The van der Waals surface area contributed by atoms with E-state index in [2.05, 4.69) is 23.5 Å². The van der Waals surface area contributed by atoms with Gasteiger partial charge in [0.2, 0.25) is 5.91 Å². The summed E-state index contributed by atoms with van der Waals surface area (Å²) in [5.41, 5.74) is 9.36. The number of hydrogen-bond acceptors (Lipinski definition) is 2. The van der Waals surface area contributed by atoms with Crippen LogP contribution in [-0.2, 0) is 24.2 Å². The summed E-state index contributed by atoms with van der Waals surface area (Å²) in [5.74, 6) is -0.249. The lowest BCUT2D eigenvalue weighted by molar-refractivity contribution is -0.117. The van der Waals surface area contributed by atoms with E-state index in [-0.39, 0.29) is 5.91 Å². The normalized spacial score (nSPS) is 13.8. The molecule has 0 bridgehead atoms. The van der Waals surface area contributed by atoms with Gasteiger partial charge in [0.1, 0.15) is 0 Å². The summed E-state index contributed by atoms with van der Waals surface area (Å²) in [4.78, 5) is 10.5. The zero-order valence-corrected chi connectivity index (χ0v) is 9.46. The Labute approximate surface area is 96.0 Å². The number of fused-ring (bicyclic) bond motifs is 1. The first-order chi connectivity index (χ1) is 7.75. The quantitative estimate of drug-likeness (QED) is 0.728. The fourth-order valence-electron chi connectivity index (χ4n) is 2.18.